The summed E-state index contributed by atoms with van der Waals surface area (Å²) in [5.41, 5.74) is 8.50. The first kappa shape index (κ1) is 13.4. The maximum absolute atomic E-state index is 5.96. The van der Waals surface area contributed by atoms with Crippen molar-refractivity contribution in [2.24, 2.45) is 11.8 Å². The van der Waals surface area contributed by atoms with Crippen LogP contribution in [0.1, 0.15) is 63.6 Å². The number of hydrogen-bond donors (Lipinski definition) is 2. The SMILES string of the molecule is CC(C)Cc1c(N)n[nH]c1CCC1CCCCC1. The molecule has 0 saturated heterocycles. The van der Waals surface area contributed by atoms with Gasteiger partial charge in [-0.1, -0.05) is 46.0 Å². The molecule has 2 rings (SSSR count). The minimum absolute atomic E-state index is 0.637. The molecule has 0 aromatic carbocycles. The van der Waals surface area contributed by atoms with Crippen LogP contribution < -0.4 is 5.73 Å². The molecule has 3 N–H and O–H groups in total. The van der Waals surface area contributed by atoms with Crippen LogP contribution in [0.3, 0.4) is 0 Å². The van der Waals surface area contributed by atoms with Crippen molar-refractivity contribution < 1.29 is 0 Å². The minimum Gasteiger partial charge on any atom is -0.382 e. The Hall–Kier alpha value is -0.990. The Labute approximate surface area is 111 Å². The highest BCUT2D eigenvalue weighted by molar-refractivity contribution is 5.42. The summed E-state index contributed by atoms with van der Waals surface area (Å²) in [5, 5.41) is 7.33. The molecule has 0 radical (unpaired) electrons. The van der Waals surface area contributed by atoms with Crippen molar-refractivity contribution in [3.8, 4) is 0 Å². The van der Waals surface area contributed by atoms with Crippen LogP contribution >= 0.6 is 0 Å². The van der Waals surface area contributed by atoms with Gasteiger partial charge in [0.05, 0.1) is 0 Å². The van der Waals surface area contributed by atoms with Crippen molar-refractivity contribution in [2.45, 2.75) is 65.2 Å². The molecule has 0 bridgehead atoms. The summed E-state index contributed by atoms with van der Waals surface area (Å²) in [6.07, 6.45) is 10.6. The van der Waals surface area contributed by atoms with E-state index in [4.69, 9.17) is 5.73 Å². The molecule has 1 aromatic heterocycles. The summed E-state index contributed by atoms with van der Waals surface area (Å²) in [6, 6.07) is 0. The topological polar surface area (TPSA) is 54.7 Å². The largest absolute Gasteiger partial charge is 0.382 e. The molecule has 1 heterocycles. The Morgan fingerprint density at radius 3 is 2.67 bits per heavy atom. The average molecular weight is 249 g/mol. The number of anilines is 1. The normalized spacial score (nSPS) is 17.5. The lowest BCUT2D eigenvalue weighted by molar-refractivity contribution is 0.338. The zero-order valence-electron chi connectivity index (χ0n) is 11.8. The quantitative estimate of drug-likeness (QED) is 0.836. The number of nitrogens with zero attached hydrogens (tertiary/aromatic N) is 1. The molecular formula is C15H27N3. The highest BCUT2D eigenvalue weighted by atomic mass is 15.2. The fourth-order valence-electron chi connectivity index (χ4n) is 3.08. The molecule has 0 unspecified atom stereocenters. The van der Waals surface area contributed by atoms with Crippen LogP contribution in [0.2, 0.25) is 0 Å². The van der Waals surface area contributed by atoms with Crippen LogP contribution in [0, 0.1) is 11.8 Å². The number of nitrogens with two attached hydrogens (primary N) is 1. The lowest BCUT2D eigenvalue weighted by Crippen LogP contribution is -2.08. The Morgan fingerprint density at radius 2 is 2.00 bits per heavy atom. The summed E-state index contributed by atoms with van der Waals surface area (Å²) in [7, 11) is 0. The van der Waals surface area contributed by atoms with Crippen LogP contribution in [0.4, 0.5) is 5.82 Å². The fourth-order valence-corrected chi connectivity index (χ4v) is 3.08. The molecule has 102 valence electrons. The average Bonchev–Trinajstić information content (AvgIpc) is 2.69. The molecular weight excluding hydrogens is 222 g/mol. The van der Waals surface area contributed by atoms with Gasteiger partial charge < -0.3 is 5.73 Å². The highest BCUT2D eigenvalue weighted by Crippen LogP contribution is 2.28. The van der Waals surface area contributed by atoms with Gasteiger partial charge in [-0.3, -0.25) is 5.10 Å². The number of aryl methyl sites for hydroxylation is 1. The van der Waals surface area contributed by atoms with Crippen LogP contribution in [0.5, 0.6) is 0 Å². The minimum atomic E-state index is 0.637. The Morgan fingerprint density at radius 1 is 1.28 bits per heavy atom. The van der Waals surface area contributed by atoms with Crippen molar-refractivity contribution in [3.05, 3.63) is 11.3 Å². The van der Waals surface area contributed by atoms with E-state index >= 15 is 0 Å². The third kappa shape index (κ3) is 3.50. The molecule has 1 aliphatic rings. The van der Waals surface area contributed by atoms with Gasteiger partial charge in [0.15, 0.2) is 0 Å². The molecule has 0 aliphatic heterocycles. The second kappa shape index (κ2) is 6.26. The molecule has 1 fully saturated rings. The zero-order valence-corrected chi connectivity index (χ0v) is 11.8. The Kier molecular flexibility index (Phi) is 4.67. The smallest absolute Gasteiger partial charge is 0.148 e. The summed E-state index contributed by atoms with van der Waals surface area (Å²) in [5.74, 6) is 2.27. The molecule has 1 aromatic rings. The first-order valence-electron chi connectivity index (χ1n) is 7.48. The number of aromatic amines is 1. The van der Waals surface area contributed by atoms with E-state index in [1.165, 1.54) is 49.8 Å². The Balaban J connectivity index is 1.91. The molecule has 0 spiro atoms. The third-order valence-corrected chi connectivity index (χ3v) is 4.12. The molecule has 1 saturated carbocycles. The van der Waals surface area contributed by atoms with Crippen molar-refractivity contribution in [3.63, 3.8) is 0 Å². The van der Waals surface area contributed by atoms with Crippen LogP contribution in [-0.4, -0.2) is 10.2 Å². The van der Waals surface area contributed by atoms with E-state index < -0.39 is 0 Å². The van der Waals surface area contributed by atoms with Crippen molar-refractivity contribution in [1.82, 2.24) is 10.2 Å². The van der Waals surface area contributed by atoms with E-state index in [-0.39, 0.29) is 0 Å². The molecule has 3 nitrogen and oxygen atoms in total. The number of nitrogen functional groups attached to an aromatic ring is 1. The van der Waals surface area contributed by atoms with Gasteiger partial charge in [0.2, 0.25) is 0 Å². The van der Waals surface area contributed by atoms with Gasteiger partial charge in [-0.15, -0.1) is 0 Å². The van der Waals surface area contributed by atoms with Gasteiger partial charge in [-0.2, -0.15) is 5.10 Å². The molecule has 0 atom stereocenters. The third-order valence-electron chi connectivity index (χ3n) is 4.12. The van der Waals surface area contributed by atoms with Gasteiger partial charge in [0.25, 0.3) is 0 Å². The van der Waals surface area contributed by atoms with Gasteiger partial charge in [0, 0.05) is 11.3 Å². The van der Waals surface area contributed by atoms with Gasteiger partial charge in [-0.25, -0.2) is 0 Å². The summed E-state index contributed by atoms with van der Waals surface area (Å²) >= 11 is 0. The van der Waals surface area contributed by atoms with Crippen molar-refractivity contribution in [2.75, 3.05) is 5.73 Å². The second-order valence-electron chi connectivity index (χ2n) is 6.21. The van der Waals surface area contributed by atoms with E-state index in [1.54, 1.807) is 0 Å². The maximum Gasteiger partial charge on any atom is 0.148 e. The van der Waals surface area contributed by atoms with Crippen LogP contribution in [0.25, 0.3) is 0 Å². The molecule has 18 heavy (non-hydrogen) atoms. The number of aromatic nitrogens is 2. The fraction of sp³-hybridized carbons (Fsp3) is 0.800. The summed E-state index contributed by atoms with van der Waals surface area (Å²) in [6.45, 7) is 4.47. The first-order chi connectivity index (χ1) is 8.66. The lowest BCUT2D eigenvalue weighted by atomic mass is 9.85. The molecule has 0 amide bonds. The van der Waals surface area contributed by atoms with Crippen molar-refractivity contribution in [1.29, 1.82) is 0 Å². The lowest BCUT2D eigenvalue weighted by Gasteiger charge is -2.21. The molecule has 1 aliphatic carbocycles. The standard InChI is InChI=1S/C15H27N3/c1-11(2)10-13-14(17-18-15(13)16)9-8-12-6-4-3-5-7-12/h11-12H,3-10H2,1-2H3,(H3,16,17,18). The predicted octanol–water partition coefficient (Wildman–Crippen LogP) is 3.70. The number of rotatable bonds is 5. The first-order valence-corrected chi connectivity index (χ1v) is 7.48. The van der Waals surface area contributed by atoms with E-state index in [1.807, 2.05) is 0 Å². The van der Waals surface area contributed by atoms with Gasteiger partial charge in [-0.05, 0) is 31.1 Å². The summed E-state index contributed by atoms with van der Waals surface area (Å²) < 4.78 is 0. The summed E-state index contributed by atoms with van der Waals surface area (Å²) in [4.78, 5) is 0. The number of hydrogen-bond acceptors (Lipinski definition) is 2. The van der Waals surface area contributed by atoms with E-state index in [0.717, 1.165) is 18.8 Å². The second-order valence-corrected chi connectivity index (χ2v) is 6.21. The van der Waals surface area contributed by atoms with Gasteiger partial charge >= 0.3 is 0 Å². The number of nitrogens with one attached hydrogen (secondary N) is 1. The van der Waals surface area contributed by atoms with Gasteiger partial charge in [0.1, 0.15) is 5.82 Å². The van der Waals surface area contributed by atoms with E-state index in [0.29, 0.717) is 11.7 Å². The number of H-pyrrole nitrogens is 1. The van der Waals surface area contributed by atoms with Crippen LogP contribution in [0.15, 0.2) is 0 Å². The molecule has 3 heteroatoms. The van der Waals surface area contributed by atoms with Crippen LogP contribution in [-0.2, 0) is 12.8 Å². The van der Waals surface area contributed by atoms with Crippen molar-refractivity contribution >= 4 is 5.82 Å². The monoisotopic (exact) mass is 249 g/mol. The Bertz CT molecular complexity index is 362. The van der Waals surface area contributed by atoms with E-state index in [2.05, 4.69) is 24.0 Å². The maximum atomic E-state index is 5.96. The zero-order chi connectivity index (χ0) is 13.0. The highest BCUT2D eigenvalue weighted by Gasteiger charge is 2.16. The predicted molar refractivity (Wildman–Crippen MR) is 76.4 cm³/mol. The van der Waals surface area contributed by atoms with E-state index in [9.17, 15) is 0 Å².